The lowest BCUT2D eigenvalue weighted by Crippen LogP contribution is -2.26. The Hall–Kier alpha value is -2.53. The fourth-order valence-electron chi connectivity index (χ4n) is 2.39. The molecule has 118 valence electrons. The molecule has 0 aliphatic heterocycles. The molecule has 3 aromatic rings. The number of furan rings is 1. The molecule has 1 aromatic carbocycles. The van der Waals surface area contributed by atoms with Crippen molar-refractivity contribution in [2.45, 2.75) is 13.5 Å². The summed E-state index contributed by atoms with van der Waals surface area (Å²) in [5, 5.41) is 7.55. The number of hydrogen-bond acceptors (Lipinski definition) is 3. The molecule has 2 heterocycles. The van der Waals surface area contributed by atoms with E-state index in [2.05, 4.69) is 10.2 Å². The standard InChI is InChI=1S/C17H16ClN3O2/c1-11-13(7-8-23-11)10-21(2)17(22)15-9-19-20-16(15)12-3-5-14(18)6-4-12/h3-9H,10H2,1-2H3,(H,19,20). The number of nitrogens with zero attached hydrogens (tertiary/aromatic N) is 2. The number of halogens is 1. The number of aromatic nitrogens is 2. The first kappa shape index (κ1) is 15.4. The van der Waals surface area contributed by atoms with Gasteiger partial charge in [-0.3, -0.25) is 9.89 Å². The Bertz CT molecular complexity index is 820. The molecule has 0 spiro atoms. The van der Waals surface area contributed by atoms with Crippen molar-refractivity contribution in [2.24, 2.45) is 0 Å². The van der Waals surface area contributed by atoms with Gasteiger partial charge in [0.1, 0.15) is 5.76 Å². The molecule has 0 saturated carbocycles. The minimum atomic E-state index is -0.107. The molecule has 0 unspecified atom stereocenters. The zero-order valence-electron chi connectivity index (χ0n) is 12.8. The Balaban J connectivity index is 1.84. The van der Waals surface area contributed by atoms with Gasteiger partial charge in [0.05, 0.1) is 23.7 Å². The van der Waals surface area contributed by atoms with E-state index in [0.29, 0.717) is 22.8 Å². The van der Waals surface area contributed by atoms with Crippen LogP contribution in [0.15, 0.2) is 47.2 Å². The topological polar surface area (TPSA) is 62.1 Å². The largest absolute Gasteiger partial charge is 0.469 e. The molecule has 0 aliphatic rings. The van der Waals surface area contributed by atoms with Gasteiger partial charge >= 0.3 is 0 Å². The summed E-state index contributed by atoms with van der Waals surface area (Å²) in [6.45, 7) is 2.36. The first-order chi connectivity index (χ1) is 11.1. The Kier molecular flexibility index (Phi) is 4.21. The highest BCUT2D eigenvalue weighted by Gasteiger charge is 2.20. The van der Waals surface area contributed by atoms with E-state index in [1.54, 1.807) is 36.5 Å². The van der Waals surface area contributed by atoms with E-state index in [0.717, 1.165) is 16.9 Å². The number of hydrogen-bond donors (Lipinski definition) is 1. The fraction of sp³-hybridized carbons (Fsp3) is 0.176. The lowest BCUT2D eigenvalue weighted by atomic mass is 10.1. The number of amides is 1. The van der Waals surface area contributed by atoms with Gasteiger partial charge in [0.25, 0.3) is 5.91 Å². The minimum Gasteiger partial charge on any atom is -0.469 e. The molecule has 23 heavy (non-hydrogen) atoms. The highest BCUT2D eigenvalue weighted by molar-refractivity contribution is 6.30. The number of H-pyrrole nitrogens is 1. The number of benzene rings is 1. The molecule has 1 amide bonds. The molecule has 0 atom stereocenters. The zero-order chi connectivity index (χ0) is 16.4. The van der Waals surface area contributed by atoms with Crippen LogP contribution in [0.5, 0.6) is 0 Å². The molecule has 1 N–H and O–H groups in total. The third kappa shape index (κ3) is 3.14. The van der Waals surface area contributed by atoms with Crippen LogP contribution in [0, 0.1) is 6.92 Å². The number of nitrogens with one attached hydrogen (secondary N) is 1. The van der Waals surface area contributed by atoms with E-state index in [1.165, 1.54) is 0 Å². The molecule has 0 radical (unpaired) electrons. The van der Waals surface area contributed by atoms with Crippen molar-refractivity contribution in [3.63, 3.8) is 0 Å². The van der Waals surface area contributed by atoms with Gasteiger partial charge in [-0.05, 0) is 25.1 Å². The summed E-state index contributed by atoms with van der Waals surface area (Å²) in [4.78, 5) is 14.4. The zero-order valence-corrected chi connectivity index (χ0v) is 13.6. The molecule has 3 rings (SSSR count). The molecular weight excluding hydrogens is 314 g/mol. The maximum Gasteiger partial charge on any atom is 0.257 e. The number of aryl methyl sites for hydroxylation is 1. The third-order valence-electron chi connectivity index (χ3n) is 3.72. The van der Waals surface area contributed by atoms with Crippen LogP contribution in [-0.2, 0) is 6.54 Å². The van der Waals surface area contributed by atoms with E-state index in [1.807, 2.05) is 25.1 Å². The highest BCUT2D eigenvalue weighted by Crippen LogP contribution is 2.24. The van der Waals surface area contributed by atoms with Crippen molar-refractivity contribution < 1.29 is 9.21 Å². The van der Waals surface area contributed by atoms with Gasteiger partial charge < -0.3 is 9.32 Å². The van der Waals surface area contributed by atoms with Gasteiger partial charge in [0.15, 0.2) is 0 Å². The maximum absolute atomic E-state index is 12.7. The summed E-state index contributed by atoms with van der Waals surface area (Å²) >= 11 is 5.91. The number of aromatic amines is 1. The molecule has 6 heteroatoms. The van der Waals surface area contributed by atoms with Gasteiger partial charge in [0.2, 0.25) is 0 Å². The Morgan fingerprint density at radius 3 is 2.70 bits per heavy atom. The van der Waals surface area contributed by atoms with Crippen molar-refractivity contribution in [1.82, 2.24) is 15.1 Å². The number of carbonyl (C=O) groups is 1. The lowest BCUT2D eigenvalue weighted by Gasteiger charge is -2.16. The lowest BCUT2D eigenvalue weighted by molar-refractivity contribution is 0.0785. The summed E-state index contributed by atoms with van der Waals surface area (Å²) in [5.74, 6) is 0.707. The first-order valence-corrected chi connectivity index (χ1v) is 7.52. The Morgan fingerprint density at radius 1 is 1.30 bits per heavy atom. The van der Waals surface area contributed by atoms with Gasteiger partial charge in [-0.15, -0.1) is 0 Å². The van der Waals surface area contributed by atoms with Crippen LogP contribution in [0.4, 0.5) is 0 Å². The maximum atomic E-state index is 12.7. The molecule has 0 aliphatic carbocycles. The SMILES string of the molecule is Cc1occc1CN(C)C(=O)c1cn[nH]c1-c1ccc(Cl)cc1. The smallest absolute Gasteiger partial charge is 0.257 e. The molecular formula is C17H16ClN3O2. The normalized spacial score (nSPS) is 10.7. The van der Waals surface area contributed by atoms with E-state index in [-0.39, 0.29) is 5.91 Å². The van der Waals surface area contributed by atoms with E-state index in [4.69, 9.17) is 16.0 Å². The minimum absolute atomic E-state index is 0.107. The van der Waals surface area contributed by atoms with Gasteiger partial charge in [0, 0.05) is 29.7 Å². The van der Waals surface area contributed by atoms with Crippen LogP contribution in [0.25, 0.3) is 11.3 Å². The van der Waals surface area contributed by atoms with Crippen molar-refractivity contribution in [3.8, 4) is 11.3 Å². The quantitative estimate of drug-likeness (QED) is 0.789. The van der Waals surface area contributed by atoms with Crippen LogP contribution < -0.4 is 0 Å². The molecule has 0 saturated heterocycles. The van der Waals surface area contributed by atoms with Crippen LogP contribution in [-0.4, -0.2) is 28.1 Å². The fourth-order valence-corrected chi connectivity index (χ4v) is 2.52. The van der Waals surface area contributed by atoms with Crippen LogP contribution in [0.1, 0.15) is 21.7 Å². The number of rotatable bonds is 4. The highest BCUT2D eigenvalue weighted by atomic mass is 35.5. The monoisotopic (exact) mass is 329 g/mol. The predicted octanol–water partition coefficient (Wildman–Crippen LogP) is 3.90. The van der Waals surface area contributed by atoms with Crippen molar-refractivity contribution >= 4 is 17.5 Å². The molecule has 5 nitrogen and oxygen atoms in total. The van der Waals surface area contributed by atoms with E-state index in [9.17, 15) is 4.79 Å². The van der Waals surface area contributed by atoms with Crippen LogP contribution >= 0.6 is 11.6 Å². The Labute approximate surface area is 138 Å². The van der Waals surface area contributed by atoms with Crippen LogP contribution in [0.2, 0.25) is 5.02 Å². The van der Waals surface area contributed by atoms with E-state index >= 15 is 0 Å². The van der Waals surface area contributed by atoms with Gasteiger partial charge in [-0.2, -0.15) is 5.10 Å². The second kappa shape index (κ2) is 6.30. The number of carbonyl (C=O) groups excluding carboxylic acids is 1. The first-order valence-electron chi connectivity index (χ1n) is 7.14. The summed E-state index contributed by atoms with van der Waals surface area (Å²) in [7, 11) is 1.76. The van der Waals surface area contributed by atoms with Crippen molar-refractivity contribution in [1.29, 1.82) is 0 Å². The third-order valence-corrected chi connectivity index (χ3v) is 3.98. The van der Waals surface area contributed by atoms with Crippen LogP contribution in [0.3, 0.4) is 0 Å². The van der Waals surface area contributed by atoms with Gasteiger partial charge in [-0.1, -0.05) is 23.7 Å². The molecule has 0 bridgehead atoms. The predicted molar refractivity (Wildman–Crippen MR) is 88.3 cm³/mol. The summed E-state index contributed by atoms with van der Waals surface area (Å²) in [5.41, 5.74) is 3.05. The average Bonchev–Trinajstić information content (AvgIpc) is 3.17. The van der Waals surface area contributed by atoms with Crippen molar-refractivity contribution in [2.75, 3.05) is 7.05 Å². The van der Waals surface area contributed by atoms with Crippen molar-refractivity contribution in [3.05, 3.63) is 64.7 Å². The second-order valence-corrected chi connectivity index (χ2v) is 5.77. The summed E-state index contributed by atoms with van der Waals surface area (Å²) in [6.07, 6.45) is 3.17. The summed E-state index contributed by atoms with van der Waals surface area (Å²) < 4.78 is 5.27. The van der Waals surface area contributed by atoms with Gasteiger partial charge in [-0.25, -0.2) is 0 Å². The Morgan fingerprint density at radius 2 is 2.04 bits per heavy atom. The second-order valence-electron chi connectivity index (χ2n) is 5.33. The molecule has 0 fully saturated rings. The average molecular weight is 330 g/mol. The summed E-state index contributed by atoms with van der Waals surface area (Å²) in [6, 6.07) is 9.14. The van der Waals surface area contributed by atoms with E-state index < -0.39 is 0 Å². The molecule has 2 aromatic heterocycles.